The summed E-state index contributed by atoms with van der Waals surface area (Å²) < 4.78 is 12.1. The van der Waals surface area contributed by atoms with E-state index in [9.17, 15) is 9.59 Å². The first-order valence-electron chi connectivity index (χ1n) is 7.85. The number of nitrogens with one attached hydrogen (secondary N) is 2. The second kappa shape index (κ2) is 6.46. The van der Waals surface area contributed by atoms with Crippen LogP contribution in [-0.4, -0.2) is 35.8 Å². The standard InChI is InChI=1S/C17H20N4O4/c1-9-8-11-14(20-21(2)15(11)19-16(9)22)18-17(23)10-6-5-7-12(24-3)13(10)25-4/h5-7,9H,8H2,1-4H3,(H,19,22)(H,18,20,23)/t9-/m0/s1. The zero-order valence-electron chi connectivity index (χ0n) is 14.5. The highest BCUT2D eigenvalue weighted by Gasteiger charge is 2.29. The molecule has 132 valence electrons. The highest BCUT2D eigenvalue weighted by molar-refractivity contribution is 6.07. The van der Waals surface area contributed by atoms with Crippen molar-refractivity contribution in [2.75, 3.05) is 24.9 Å². The van der Waals surface area contributed by atoms with Crippen LogP contribution >= 0.6 is 0 Å². The van der Waals surface area contributed by atoms with Crippen molar-refractivity contribution < 1.29 is 19.1 Å². The number of benzene rings is 1. The van der Waals surface area contributed by atoms with Crippen molar-refractivity contribution in [3.63, 3.8) is 0 Å². The lowest BCUT2D eigenvalue weighted by molar-refractivity contribution is -0.119. The van der Waals surface area contributed by atoms with Gasteiger partial charge in [0.15, 0.2) is 17.3 Å². The molecule has 1 aliphatic rings. The van der Waals surface area contributed by atoms with Crippen LogP contribution in [0.2, 0.25) is 0 Å². The molecule has 2 heterocycles. The van der Waals surface area contributed by atoms with Crippen LogP contribution in [0.4, 0.5) is 11.6 Å². The number of amides is 2. The van der Waals surface area contributed by atoms with Gasteiger partial charge in [0.2, 0.25) is 5.91 Å². The van der Waals surface area contributed by atoms with E-state index < -0.39 is 0 Å². The molecular weight excluding hydrogens is 324 g/mol. The number of carbonyl (C=O) groups is 2. The molecule has 0 saturated carbocycles. The van der Waals surface area contributed by atoms with Crippen LogP contribution in [-0.2, 0) is 18.3 Å². The quantitative estimate of drug-likeness (QED) is 0.882. The monoisotopic (exact) mass is 344 g/mol. The van der Waals surface area contributed by atoms with Gasteiger partial charge in [-0.05, 0) is 18.6 Å². The second-order valence-electron chi connectivity index (χ2n) is 5.89. The lowest BCUT2D eigenvalue weighted by Crippen LogP contribution is -2.28. The minimum absolute atomic E-state index is 0.0529. The van der Waals surface area contributed by atoms with Crippen LogP contribution in [0, 0.1) is 5.92 Å². The number of hydrogen-bond acceptors (Lipinski definition) is 5. The van der Waals surface area contributed by atoms with E-state index in [1.807, 2.05) is 6.92 Å². The Morgan fingerprint density at radius 1 is 1.36 bits per heavy atom. The minimum atomic E-state index is -0.360. The molecule has 0 radical (unpaired) electrons. The Morgan fingerprint density at radius 2 is 2.12 bits per heavy atom. The summed E-state index contributed by atoms with van der Waals surface area (Å²) in [6, 6.07) is 5.08. The molecule has 1 aliphatic heterocycles. The fourth-order valence-electron chi connectivity index (χ4n) is 2.90. The number of ether oxygens (including phenoxy) is 2. The van der Waals surface area contributed by atoms with Crippen molar-refractivity contribution in [2.24, 2.45) is 13.0 Å². The normalized spacial score (nSPS) is 16.0. The molecule has 0 fully saturated rings. The van der Waals surface area contributed by atoms with E-state index in [1.54, 1.807) is 29.9 Å². The highest BCUT2D eigenvalue weighted by atomic mass is 16.5. The summed E-state index contributed by atoms with van der Waals surface area (Å²) in [5, 5.41) is 9.95. The molecule has 2 amide bonds. The Labute approximate surface area is 145 Å². The number of nitrogens with zero attached hydrogens (tertiary/aromatic N) is 2. The number of rotatable bonds is 4. The topological polar surface area (TPSA) is 94.5 Å². The SMILES string of the molecule is COc1cccc(C(=O)Nc2nn(C)c3c2C[C@H](C)C(=O)N3)c1OC. The predicted molar refractivity (Wildman–Crippen MR) is 92.2 cm³/mol. The molecule has 3 rings (SSSR count). The van der Waals surface area contributed by atoms with Gasteiger partial charge in [-0.1, -0.05) is 13.0 Å². The third-order valence-electron chi connectivity index (χ3n) is 4.22. The average molecular weight is 344 g/mol. The molecule has 2 N–H and O–H groups in total. The van der Waals surface area contributed by atoms with Crippen molar-refractivity contribution >= 4 is 23.5 Å². The molecule has 0 bridgehead atoms. The Morgan fingerprint density at radius 3 is 2.80 bits per heavy atom. The molecule has 0 unspecified atom stereocenters. The van der Waals surface area contributed by atoms with E-state index in [0.717, 1.165) is 5.56 Å². The van der Waals surface area contributed by atoms with Crippen LogP contribution in [0.25, 0.3) is 0 Å². The zero-order valence-corrected chi connectivity index (χ0v) is 14.5. The van der Waals surface area contributed by atoms with Crippen molar-refractivity contribution in [2.45, 2.75) is 13.3 Å². The van der Waals surface area contributed by atoms with E-state index in [4.69, 9.17) is 9.47 Å². The van der Waals surface area contributed by atoms with E-state index in [1.165, 1.54) is 14.2 Å². The second-order valence-corrected chi connectivity index (χ2v) is 5.89. The zero-order chi connectivity index (χ0) is 18.1. The molecule has 8 heteroatoms. The first-order chi connectivity index (χ1) is 12.0. The van der Waals surface area contributed by atoms with Crippen LogP contribution in [0.1, 0.15) is 22.8 Å². The number of aryl methyl sites for hydroxylation is 1. The van der Waals surface area contributed by atoms with Gasteiger partial charge in [-0.15, -0.1) is 0 Å². The van der Waals surface area contributed by atoms with Gasteiger partial charge in [-0.3, -0.25) is 14.3 Å². The Bertz CT molecular complexity index is 843. The molecule has 1 atom stereocenters. The van der Waals surface area contributed by atoms with Crippen molar-refractivity contribution in [1.82, 2.24) is 9.78 Å². The van der Waals surface area contributed by atoms with Gasteiger partial charge in [0.1, 0.15) is 5.82 Å². The van der Waals surface area contributed by atoms with Crippen molar-refractivity contribution in [3.05, 3.63) is 29.3 Å². The summed E-state index contributed by atoms with van der Waals surface area (Å²) in [7, 11) is 4.71. The summed E-state index contributed by atoms with van der Waals surface area (Å²) >= 11 is 0. The van der Waals surface area contributed by atoms with Gasteiger partial charge in [0.05, 0.1) is 19.8 Å². The van der Waals surface area contributed by atoms with Gasteiger partial charge in [-0.25, -0.2) is 0 Å². The summed E-state index contributed by atoms with van der Waals surface area (Å²) in [5.74, 6) is 1.27. The van der Waals surface area contributed by atoms with E-state index in [0.29, 0.717) is 35.1 Å². The summed E-state index contributed by atoms with van der Waals surface area (Å²) in [5.41, 5.74) is 1.15. The molecule has 0 saturated heterocycles. The van der Waals surface area contributed by atoms with Gasteiger partial charge >= 0.3 is 0 Å². The first kappa shape index (κ1) is 16.8. The maximum atomic E-state index is 12.7. The molecular formula is C17H20N4O4. The third-order valence-corrected chi connectivity index (χ3v) is 4.22. The largest absolute Gasteiger partial charge is 0.493 e. The van der Waals surface area contributed by atoms with E-state index in [2.05, 4.69) is 15.7 Å². The number of methoxy groups -OCH3 is 2. The molecule has 25 heavy (non-hydrogen) atoms. The average Bonchev–Trinajstić information content (AvgIpc) is 2.89. The van der Waals surface area contributed by atoms with Crippen LogP contribution < -0.4 is 20.1 Å². The summed E-state index contributed by atoms with van der Waals surface area (Å²) in [4.78, 5) is 24.6. The molecule has 8 nitrogen and oxygen atoms in total. The van der Waals surface area contributed by atoms with Crippen molar-refractivity contribution in [3.8, 4) is 11.5 Å². The number of aromatic nitrogens is 2. The number of para-hydroxylation sites is 1. The molecule has 2 aromatic rings. The Balaban J connectivity index is 1.93. The molecule has 1 aromatic carbocycles. The van der Waals surface area contributed by atoms with Gasteiger partial charge < -0.3 is 20.1 Å². The first-order valence-corrected chi connectivity index (χ1v) is 7.85. The molecule has 1 aromatic heterocycles. The molecule has 0 spiro atoms. The van der Waals surface area contributed by atoms with E-state index >= 15 is 0 Å². The number of anilines is 2. The fourth-order valence-corrected chi connectivity index (χ4v) is 2.90. The van der Waals surface area contributed by atoms with Gasteiger partial charge in [0, 0.05) is 18.5 Å². The smallest absolute Gasteiger partial charge is 0.260 e. The predicted octanol–water partition coefficient (Wildman–Crippen LogP) is 1.82. The molecule has 0 aliphatic carbocycles. The van der Waals surface area contributed by atoms with Gasteiger partial charge in [0.25, 0.3) is 5.91 Å². The lowest BCUT2D eigenvalue weighted by atomic mass is 9.98. The van der Waals surface area contributed by atoms with Crippen molar-refractivity contribution in [1.29, 1.82) is 0 Å². The van der Waals surface area contributed by atoms with Crippen LogP contribution in [0.5, 0.6) is 11.5 Å². The summed E-state index contributed by atoms with van der Waals surface area (Å²) in [6.45, 7) is 1.84. The maximum Gasteiger partial charge on any atom is 0.260 e. The fraction of sp³-hybridized carbons (Fsp3) is 0.353. The minimum Gasteiger partial charge on any atom is -0.493 e. The number of carbonyl (C=O) groups excluding carboxylic acids is 2. The maximum absolute atomic E-state index is 12.7. The Kier molecular flexibility index (Phi) is 4.35. The highest BCUT2D eigenvalue weighted by Crippen LogP contribution is 2.33. The van der Waals surface area contributed by atoms with Gasteiger partial charge in [-0.2, -0.15) is 5.10 Å². The van der Waals surface area contributed by atoms with Crippen LogP contribution in [0.15, 0.2) is 18.2 Å². The van der Waals surface area contributed by atoms with Crippen LogP contribution in [0.3, 0.4) is 0 Å². The number of fused-ring (bicyclic) bond motifs is 1. The summed E-state index contributed by atoms with van der Waals surface area (Å²) in [6.07, 6.45) is 0.514. The number of hydrogen-bond donors (Lipinski definition) is 2. The third kappa shape index (κ3) is 2.90. The Hall–Kier alpha value is -3.03. The van der Waals surface area contributed by atoms with E-state index in [-0.39, 0.29) is 17.7 Å². The lowest BCUT2D eigenvalue weighted by Gasteiger charge is -2.19.